The zero-order valence-corrected chi connectivity index (χ0v) is 23.1. The van der Waals surface area contributed by atoms with Crippen LogP contribution in [0, 0.1) is 18.8 Å². The molecule has 2 heterocycles. The number of carbonyl (C=O) groups excluding carboxylic acids is 3. The Hall–Kier alpha value is -4.20. The minimum Gasteiger partial charge on any atom is -0.506 e. The van der Waals surface area contributed by atoms with Gasteiger partial charge in [0.1, 0.15) is 23.9 Å². The summed E-state index contributed by atoms with van der Waals surface area (Å²) in [5.41, 5.74) is 3.86. The molecule has 1 aliphatic carbocycles. The van der Waals surface area contributed by atoms with Crippen molar-refractivity contribution >= 4 is 23.4 Å². The number of aromatic hydroxyl groups is 1. The summed E-state index contributed by atoms with van der Waals surface area (Å²) in [6.07, 6.45) is 4.28. The molecule has 2 aliphatic rings. The Morgan fingerprint density at radius 2 is 1.68 bits per heavy atom. The number of hydrogen-bond donors (Lipinski definition) is 3. The molecule has 0 radical (unpaired) electrons. The molecule has 3 unspecified atom stereocenters. The van der Waals surface area contributed by atoms with Gasteiger partial charge in [0.25, 0.3) is 5.91 Å². The number of aryl methyl sites for hydroxylation is 1. The highest BCUT2D eigenvalue weighted by molar-refractivity contribution is 6.03. The Morgan fingerprint density at radius 3 is 2.27 bits per heavy atom. The predicted octanol–water partition coefficient (Wildman–Crippen LogP) is 4.32. The molecule has 5 rings (SSSR count). The molecule has 0 bridgehead atoms. The number of aromatic nitrogens is 1. The number of carbonyl (C=O) groups is 3. The van der Waals surface area contributed by atoms with Gasteiger partial charge in [-0.2, -0.15) is 0 Å². The number of hydrogen-bond acceptors (Lipinski definition) is 5. The van der Waals surface area contributed by atoms with Crippen molar-refractivity contribution in [1.82, 2.24) is 15.2 Å². The van der Waals surface area contributed by atoms with Gasteiger partial charge >= 0.3 is 0 Å². The summed E-state index contributed by atoms with van der Waals surface area (Å²) >= 11 is 0. The topological polar surface area (TPSA) is 112 Å². The molecule has 208 valence electrons. The van der Waals surface area contributed by atoms with Gasteiger partial charge in [-0.05, 0) is 60.9 Å². The number of benzene rings is 2. The summed E-state index contributed by atoms with van der Waals surface area (Å²) in [5, 5.41) is 16.2. The molecule has 3 atom stereocenters. The Morgan fingerprint density at radius 1 is 1.02 bits per heavy atom. The van der Waals surface area contributed by atoms with Crippen molar-refractivity contribution in [2.75, 3.05) is 5.32 Å². The summed E-state index contributed by atoms with van der Waals surface area (Å²) in [4.78, 5) is 48.4. The van der Waals surface area contributed by atoms with Crippen molar-refractivity contribution in [3.05, 3.63) is 89.2 Å². The van der Waals surface area contributed by atoms with E-state index < -0.39 is 24.0 Å². The van der Waals surface area contributed by atoms with E-state index in [1.807, 2.05) is 32.9 Å². The molecule has 1 fully saturated rings. The second-order valence-electron chi connectivity index (χ2n) is 10.8. The van der Waals surface area contributed by atoms with Crippen LogP contribution in [0.1, 0.15) is 55.1 Å². The Balaban J connectivity index is 1.58. The average molecular weight is 541 g/mol. The number of nitrogens with one attached hydrogen (secondary N) is 2. The molecule has 1 saturated heterocycles. The van der Waals surface area contributed by atoms with Crippen LogP contribution in [0.4, 0.5) is 5.69 Å². The zero-order valence-electron chi connectivity index (χ0n) is 23.1. The molecule has 8 heteroatoms. The van der Waals surface area contributed by atoms with E-state index in [0.717, 1.165) is 5.69 Å². The monoisotopic (exact) mass is 540 g/mol. The molecular formula is C32H36N4O4. The molecule has 3 amide bonds. The fourth-order valence-electron chi connectivity index (χ4n) is 6.20. The molecule has 8 nitrogen and oxygen atoms in total. The Bertz CT molecular complexity index is 1380. The number of para-hydroxylation sites is 2. The summed E-state index contributed by atoms with van der Waals surface area (Å²) < 4.78 is 0. The smallest absolute Gasteiger partial charge is 0.252 e. The molecule has 3 N–H and O–H groups in total. The molecule has 3 aromatic rings. The summed E-state index contributed by atoms with van der Waals surface area (Å²) in [7, 11) is 0. The molecular weight excluding hydrogens is 504 g/mol. The third kappa shape index (κ3) is 5.18. The quantitative estimate of drug-likeness (QED) is 0.369. The van der Waals surface area contributed by atoms with Crippen LogP contribution in [0.5, 0.6) is 5.75 Å². The third-order valence-electron chi connectivity index (χ3n) is 8.37. The van der Waals surface area contributed by atoms with Crippen LogP contribution < -0.4 is 10.6 Å². The lowest BCUT2D eigenvalue weighted by atomic mass is 9.84. The van der Waals surface area contributed by atoms with E-state index in [1.54, 1.807) is 36.5 Å². The van der Waals surface area contributed by atoms with E-state index in [4.69, 9.17) is 0 Å². The highest BCUT2D eigenvalue weighted by Crippen LogP contribution is 2.37. The lowest BCUT2D eigenvalue weighted by Crippen LogP contribution is -2.68. The molecule has 1 aromatic heterocycles. The lowest BCUT2D eigenvalue weighted by Gasteiger charge is -2.46. The van der Waals surface area contributed by atoms with Crippen LogP contribution in [-0.2, 0) is 27.2 Å². The summed E-state index contributed by atoms with van der Waals surface area (Å²) in [6.45, 7) is 5.84. The zero-order chi connectivity index (χ0) is 28.4. The largest absolute Gasteiger partial charge is 0.506 e. The highest BCUT2D eigenvalue weighted by atomic mass is 16.3. The van der Waals surface area contributed by atoms with Gasteiger partial charge in [-0.25, -0.2) is 0 Å². The number of phenolic OH excluding ortho intramolecular Hbond substituents is 1. The maximum atomic E-state index is 14.5. The van der Waals surface area contributed by atoms with Crippen molar-refractivity contribution in [1.29, 1.82) is 0 Å². The maximum absolute atomic E-state index is 14.5. The molecule has 0 spiro atoms. The van der Waals surface area contributed by atoms with Crippen molar-refractivity contribution in [2.45, 2.75) is 64.6 Å². The number of rotatable bonds is 8. The van der Waals surface area contributed by atoms with Gasteiger partial charge in [-0.3, -0.25) is 19.4 Å². The second kappa shape index (κ2) is 11.5. The molecule has 40 heavy (non-hydrogen) atoms. The van der Waals surface area contributed by atoms with E-state index in [-0.39, 0.29) is 35.1 Å². The average Bonchev–Trinajstić information content (AvgIpc) is 3.39. The van der Waals surface area contributed by atoms with Gasteiger partial charge in [0.05, 0.1) is 5.69 Å². The number of amides is 3. The number of pyridine rings is 1. The van der Waals surface area contributed by atoms with E-state index in [0.29, 0.717) is 31.2 Å². The Kier molecular flexibility index (Phi) is 7.87. The number of piperazine rings is 1. The number of anilines is 1. The molecule has 0 saturated carbocycles. The Labute approximate surface area is 234 Å². The van der Waals surface area contributed by atoms with Gasteiger partial charge in [0, 0.05) is 17.5 Å². The first-order valence-corrected chi connectivity index (χ1v) is 14.0. The van der Waals surface area contributed by atoms with Crippen LogP contribution in [0.15, 0.2) is 66.9 Å². The van der Waals surface area contributed by atoms with Gasteiger partial charge in [0.2, 0.25) is 11.8 Å². The van der Waals surface area contributed by atoms with Crippen LogP contribution in [0.2, 0.25) is 0 Å². The fraction of sp³-hybridized carbons (Fsp3) is 0.375. The SMILES string of the molecule is CCC(CC)C1C(=O)NC(C2Cc3ccccc3C2)C(=O)N1C(C(=O)Nc1ccccc1O)c1ccc(C)nc1. The van der Waals surface area contributed by atoms with Gasteiger partial charge in [-0.1, -0.05) is 69.2 Å². The van der Waals surface area contributed by atoms with E-state index in [9.17, 15) is 19.5 Å². The normalized spacial score (nSPS) is 19.9. The van der Waals surface area contributed by atoms with Gasteiger partial charge in [0.15, 0.2) is 0 Å². The van der Waals surface area contributed by atoms with E-state index >= 15 is 0 Å². The molecule has 1 aliphatic heterocycles. The number of phenols is 1. The summed E-state index contributed by atoms with van der Waals surface area (Å²) in [5.74, 6) is -1.37. The van der Waals surface area contributed by atoms with Gasteiger partial charge in [-0.15, -0.1) is 0 Å². The maximum Gasteiger partial charge on any atom is 0.252 e. The highest BCUT2D eigenvalue weighted by Gasteiger charge is 2.51. The van der Waals surface area contributed by atoms with Crippen molar-refractivity contribution in [3.63, 3.8) is 0 Å². The van der Waals surface area contributed by atoms with Crippen LogP contribution in [0.25, 0.3) is 0 Å². The van der Waals surface area contributed by atoms with Crippen molar-refractivity contribution < 1.29 is 19.5 Å². The van der Waals surface area contributed by atoms with Crippen molar-refractivity contribution in [2.24, 2.45) is 11.8 Å². The van der Waals surface area contributed by atoms with Crippen LogP contribution >= 0.6 is 0 Å². The standard InChI is InChI=1S/C32H36N4O4/c1-4-20(5-2)28-31(39)35-27(24-16-21-10-6-7-11-22(21)17-24)32(40)36(28)29(23-15-14-19(3)33-18-23)30(38)34-25-12-8-9-13-26(25)37/h6-15,18,20,24,27-29,37H,4-5,16-17H2,1-3H3,(H,34,38)(H,35,39). The molecule has 2 aromatic carbocycles. The van der Waals surface area contributed by atoms with Crippen molar-refractivity contribution in [3.8, 4) is 5.75 Å². The van der Waals surface area contributed by atoms with E-state index in [2.05, 4.69) is 27.8 Å². The van der Waals surface area contributed by atoms with Crippen LogP contribution in [0.3, 0.4) is 0 Å². The number of nitrogens with zero attached hydrogens (tertiary/aromatic N) is 2. The predicted molar refractivity (Wildman–Crippen MR) is 152 cm³/mol. The second-order valence-corrected chi connectivity index (χ2v) is 10.8. The first-order chi connectivity index (χ1) is 19.3. The minimum absolute atomic E-state index is 0.0857. The third-order valence-corrected chi connectivity index (χ3v) is 8.37. The minimum atomic E-state index is -1.12. The number of fused-ring (bicyclic) bond motifs is 1. The van der Waals surface area contributed by atoms with Crippen LogP contribution in [-0.4, -0.2) is 44.8 Å². The van der Waals surface area contributed by atoms with E-state index in [1.165, 1.54) is 22.1 Å². The first kappa shape index (κ1) is 27.4. The summed E-state index contributed by atoms with van der Waals surface area (Å²) in [6, 6.07) is 15.4. The lowest BCUT2D eigenvalue weighted by molar-refractivity contribution is -0.159. The first-order valence-electron chi connectivity index (χ1n) is 14.0. The van der Waals surface area contributed by atoms with Gasteiger partial charge < -0.3 is 20.6 Å². The fourth-order valence-corrected chi connectivity index (χ4v) is 6.20.